The fourth-order valence-electron chi connectivity index (χ4n) is 4.30. The molecular formula is C24H31N5O2. The molecule has 164 valence electrons. The quantitative estimate of drug-likeness (QED) is 0.627. The van der Waals surface area contributed by atoms with Crippen molar-refractivity contribution >= 4 is 22.7 Å². The van der Waals surface area contributed by atoms with Crippen molar-refractivity contribution in [3.8, 4) is 0 Å². The van der Waals surface area contributed by atoms with E-state index in [0.29, 0.717) is 41.1 Å². The lowest BCUT2D eigenvalue weighted by molar-refractivity contribution is 0.351. The van der Waals surface area contributed by atoms with Crippen LogP contribution >= 0.6 is 0 Å². The van der Waals surface area contributed by atoms with Crippen molar-refractivity contribution in [3.05, 3.63) is 57.6 Å². The van der Waals surface area contributed by atoms with Crippen molar-refractivity contribution in [1.82, 2.24) is 15.3 Å². The van der Waals surface area contributed by atoms with Crippen LogP contribution in [0.4, 0.5) is 11.8 Å². The fourth-order valence-corrected chi connectivity index (χ4v) is 4.30. The summed E-state index contributed by atoms with van der Waals surface area (Å²) in [6, 6.07) is 6.62. The second kappa shape index (κ2) is 9.06. The first kappa shape index (κ1) is 21.3. The Balaban J connectivity index is 1.33. The van der Waals surface area contributed by atoms with Crippen LogP contribution in [0, 0.1) is 13.8 Å². The van der Waals surface area contributed by atoms with Gasteiger partial charge in [0.2, 0.25) is 5.95 Å². The van der Waals surface area contributed by atoms with E-state index in [-0.39, 0.29) is 5.43 Å². The molecule has 1 aliphatic rings. The van der Waals surface area contributed by atoms with E-state index in [2.05, 4.69) is 20.6 Å². The number of aryl methyl sites for hydroxylation is 2. The third kappa shape index (κ3) is 4.88. The summed E-state index contributed by atoms with van der Waals surface area (Å²) in [5.41, 5.74) is 3.51. The molecule has 0 spiro atoms. The fraction of sp³-hybridized carbons (Fsp3) is 0.458. The Morgan fingerprint density at radius 1 is 1.13 bits per heavy atom. The largest absolute Gasteiger partial charge is 0.463 e. The molecule has 0 bridgehead atoms. The van der Waals surface area contributed by atoms with E-state index in [4.69, 9.17) is 4.42 Å². The molecule has 0 unspecified atom stereocenters. The van der Waals surface area contributed by atoms with E-state index < -0.39 is 0 Å². The molecule has 3 aromatic rings. The number of nitrogens with one attached hydrogen (secondary N) is 2. The van der Waals surface area contributed by atoms with Crippen molar-refractivity contribution in [1.29, 1.82) is 0 Å². The molecule has 0 aliphatic heterocycles. The van der Waals surface area contributed by atoms with Crippen LogP contribution in [-0.4, -0.2) is 36.1 Å². The lowest BCUT2D eigenvalue weighted by atomic mass is 9.91. The van der Waals surface area contributed by atoms with Crippen LogP contribution in [0.3, 0.4) is 0 Å². The van der Waals surface area contributed by atoms with E-state index in [0.717, 1.165) is 42.6 Å². The second-order valence-corrected chi connectivity index (χ2v) is 8.76. The summed E-state index contributed by atoms with van der Waals surface area (Å²) in [5, 5.41) is 7.69. The number of fused-ring (bicyclic) bond motifs is 1. The van der Waals surface area contributed by atoms with Gasteiger partial charge in [0.15, 0.2) is 5.43 Å². The van der Waals surface area contributed by atoms with Gasteiger partial charge in [-0.25, -0.2) is 4.98 Å². The van der Waals surface area contributed by atoms with Crippen LogP contribution in [0.15, 0.2) is 39.9 Å². The molecule has 2 N–H and O–H groups in total. The standard InChI is InChI=1S/C24H31N5O2/c1-15-11-16(2)23-20(12-15)22(30)17(14-31-23)13-26-18-5-7-19(8-6-18)27-24-25-10-9-21(28-24)29(3)4/h9-12,14,18-19,26H,5-8,13H2,1-4H3,(H,25,27,28). The molecule has 1 aromatic carbocycles. The van der Waals surface area contributed by atoms with Crippen molar-refractivity contribution in [2.45, 2.75) is 58.2 Å². The smallest absolute Gasteiger partial charge is 0.224 e. The predicted molar refractivity (Wildman–Crippen MR) is 125 cm³/mol. The maximum Gasteiger partial charge on any atom is 0.224 e. The molecule has 0 amide bonds. The third-order valence-electron chi connectivity index (χ3n) is 6.01. The van der Waals surface area contributed by atoms with Crippen molar-refractivity contribution in [2.75, 3.05) is 24.3 Å². The predicted octanol–water partition coefficient (Wildman–Crippen LogP) is 3.78. The minimum absolute atomic E-state index is 0.0637. The summed E-state index contributed by atoms with van der Waals surface area (Å²) < 4.78 is 5.79. The first-order chi connectivity index (χ1) is 14.9. The van der Waals surface area contributed by atoms with Gasteiger partial charge in [0.25, 0.3) is 0 Å². The summed E-state index contributed by atoms with van der Waals surface area (Å²) in [6.07, 6.45) is 7.57. The lowest BCUT2D eigenvalue weighted by Crippen LogP contribution is -2.37. The van der Waals surface area contributed by atoms with Crippen LogP contribution in [-0.2, 0) is 6.54 Å². The minimum Gasteiger partial charge on any atom is -0.463 e. The van der Waals surface area contributed by atoms with Crippen LogP contribution in [0.5, 0.6) is 0 Å². The Hall–Kier alpha value is -2.93. The highest BCUT2D eigenvalue weighted by Gasteiger charge is 2.22. The molecule has 0 saturated heterocycles. The van der Waals surface area contributed by atoms with Gasteiger partial charge in [-0.2, -0.15) is 4.98 Å². The van der Waals surface area contributed by atoms with Crippen LogP contribution < -0.4 is 21.0 Å². The number of anilines is 2. The lowest BCUT2D eigenvalue weighted by Gasteiger charge is -2.30. The molecular weight excluding hydrogens is 390 g/mol. The summed E-state index contributed by atoms with van der Waals surface area (Å²) in [6.45, 7) is 4.51. The highest BCUT2D eigenvalue weighted by atomic mass is 16.3. The first-order valence-electron chi connectivity index (χ1n) is 10.9. The summed E-state index contributed by atoms with van der Waals surface area (Å²) in [5.74, 6) is 1.58. The minimum atomic E-state index is 0.0637. The molecule has 0 radical (unpaired) electrons. The molecule has 1 saturated carbocycles. The summed E-state index contributed by atoms with van der Waals surface area (Å²) >= 11 is 0. The van der Waals surface area contributed by atoms with E-state index >= 15 is 0 Å². The van der Waals surface area contributed by atoms with Gasteiger partial charge in [0.1, 0.15) is 11.4 Å². The van der Waals surface area contributed by atoms with Gasteiger partial charge in [-0.1, -0.05) is 6.07 Å². The topological polar surface area (TPSA) is 83.3 Å². The Labute approximate surface area is 182 Å². The molecule has 0 atom stereocenters. The molecule has 31 heavy (non-hydrogen) atoms. The Morgan fingerprint density at radius 3 is 2.61 bits per heavy atom. The molecule has 1 fully saturated rings. The SMILES string of the molecule is Cc1cc(C)c2occ(CNC3CCC(Nc4nccc(N(C)C)n4)CC3)c(=O)c2c1. The van der Waals surface area contributed by atoms with Crippen LogP contribution in [0.1, 0.15) is 42.4 Å². The van der Waals surface area contributed by atoms with Gasteiger partial charge >= 0.3 is 0 Å². The zero-order valence-electron chi connectivity index (χ0n) is 18.7. The molecule has 2 heterocycles. The highest BCUT2D eigenvalue weighted by Crippen LogP contribution is 2.23. The normalized spacial score (nSPS) is 18.8. The number of aromatic nitrogens is 2. The Morgan fingerprint density at radius 2 is 1.87 bits per heavy atom. The van der Waals surface area contributed by atoms with Crippen LogP contribution in [0.25, 0.3) is 11.0 Å². The van der Waals surface area contributed by atoms with Gasteiger partial charge in [-0.05, 0) is 62.8 Å². The maximum atomic E-state index is 12.9. The van der Waals surface area contributed by atoms with Crippen molar-refractivity contribution in [3.63, 3.8) is 0 Å². The third-order valence-corrected chi connectivity index (χ3v) is 6.01. The van der Waals surface area contributed by atoms with E-state index in [9.17, 15) is 4.79 Å². The molecule has 1 aliphatic carbocycles. The monoisotopic (exact) mass is 421 g/mol. The maximum absolute atomic E-state index is 12.9. The number of hydrogen-bond donors (Lipinski definition) is 2. The van der Waals surface area contributed by atoms with Gasteiger partial charge in [0, 0.05) is 44.5 Å². The zero-order chi connectivity index (χ0) is 22.0. The summed E-state index contributed by atoms with van der Waals surface area (Å²) in [4.78, 5) is 23.8. The summed E-state index contributed by atoms with van der Waals surface area (Å²) in [7, 11) is 3.95. The number of rotatable bonds is 6. The van der Waals surface area contributed by atoms with E-state index in [1.165, 1.54) is 0 Å². The van der Waals surface area contributed by atoms with Gasteiger partial charge in [-0.3, -0.25) is 4.79 Å². The average Bonchev–Trinajstić information content (AvgIpc) is 2.75. The second-order valence-electron chi connectivity index (χ2n) is 8.76. The van der Waals surface area contributed by atoms with E-state index in [1.54, 1.807) is 12.5 Å². The molecule has 7 heteroatoms. The van der Waals surface area contributed by atoms with Crippen LogP contribution in [0.2, 0.25) is 0 Å². The van der Waals surface area contributed by atoms with Gasteiger partial charge in [0.05, 0.1) is 11.6 Å². The highest BCUT2D eigenvalue weighted by molar-refractivity contribution is 5.80. The number of nitrogens with zero attached hydrogens (tertiary/aromatic N) is 3. The Bertz CT molecular complexity index is 1120. The van der Waals surface area contributed by atoms with Crippen molar-refractivity contribution in [2.24, 2.45) is 0 Å². The first-order valence-corrected chi connectivity index (χ1v) is 10.9. The van der Waals surface area contributed by atoms with Crippen molar-refractivity contribution < 1.29 is 4.42 Å². The molecule has 7 nitrogen and oxygen atoms in total. The molecule has 4 rings (SSSR count). The average molecular weight is 422 g/mol. The van der Waals surface area contributed by atoms with Gasteiger partial charge < -0.3 is 20.0 Å². The number of hydrogen-bond acceptors (Lipinski definition) is 7. The molecule has 2 aromatic heterocycles. The zero-order valence-corrected chi connectivity index (χ0v) is 18.7. The Kier molecular flexibility index (Phi) is 6.23. The van der Waals surface area contributed by atoms with Gasteiger partial charge in [-0.15, -0.1) is 0 Å². The van der Waals surface area contributed by atoms with E-state index in [1.807, 2.05) is 51.0 Å². The number of benzene rings is 1.